The molecule has 0 spiro atoms. The third-order valence-electron chi connectivity index (χ3n) is 3.70. The third kappa shape index (κ3) is 3.42. The van der Waals surface area contributed by atoms with Crippen LogP contribution in [0.4, 0.5) is 0 Å². The Balaban J connectivity index is 2.07. The molecule has 1 saturated heterocycles. The van der Waals surface area contributed by atoms with E-state index in [9.17, 15) is 8.42 Å². The predicted molar refractivity (Wildman–Crippen MR) is 77.8 cm³/mol. The van der Waals surface area contributed by atoms with Gasteiger partial charge in [-0.3, -0.25) is 4.90 Å². The zero-order valence-electron chi connectivity index (χ0n) is 12.7. The lowest BCUT2D eigenvalue weighted by atomic mass is 9.92. The second kappa shape index (κ2) is 5.87. The van der Waals surface area contributed by atoms with Crippen molar-refractivity contribution in [3.63, 3.8) is 0 Å². The Morgan fingerprint density at radius 3 is 2.40 bits per heavy atom. The minimum absolute atomic E-state index is 0.0237. The average molecular weight is 300 g/mol. The van der Waals surface area contributed by atoms with Crippen LogP contribution in [0.15, 0.2) is 21.6 Å². The first kappa shape index (κ1) is 15.5. The fourth-order valence-electron chi connectivity index (χ4n) is 2.90. The van der Waals surface area contributed by atoms with Crippen molar-refractivity contribution in [2.24, 2.45) is 11.8 Å². The molecule has 2 atom stereocenters. The Hall–Kier alpha value is -0.850. The smallest absolute Gasteiger partial charge is 0.275 e. The molecule has 0 bridgehead atoms. The molecule has 6 heteroatoms. The van der Waals surface area contributed by atoms with Crippen molar-refractivity contribution in [1.29, 1.82) is 0 Å². The Bertz CT molecular complexity index is 541. The molecule has 0 unspecified atom stereocenters. The van der Waals surface area contributed by atoms with Gasteiger partial charge in [0.25, 0.3) is 10.0 Å². The van der Waals surface area contributed by atoms with Gasteiger partial charge >= 0.3 is 0 Å². The van der Waals surface area contributed by atoms with E-state index in [0.717, 1.165) is 13.1 Å². The Kier molecular flexibility index (Phi) is 4.56. The molecule has 0 aliphatic carbocycles. The zero-order valence-corrected chi connectivity index (χ0v) is 13.5. The quantitative estimate of drug-likeness (QED) is 0.853. The maximum Gasteiger partial charge on any atom is 0.275 e. The maximum absolute atomic E-state index is 12.0. The maximum atomic E-state index is 12.0. The molecule has 2 rings (SSSR count). The van der Waals surface area contributed by atoms with E-state index in [4.69, 9.17) is 4.42 Å². The number of likely N-dealkylation sites (tertiary alicyclic amines) is 1. The van der Waals surface area contributed by atoms with Crippen LogP contribution in [0.1, 0.15) is 26.0 Å². The summed E-state index contributed by atoms with van der Waals surface area (Å²) in [5.74, 6) is 2.07. The molecule has 1 fully saturated rings. The second-order valence-corrected chi connectivity index (χ2v) is 8.23. The highest BCUT2D eigenvalue weighted by Crippen LogP contribution is 2.24. The zero-order chi connectivity index (χ0) is 14.9. The fraction of sp³-hybridized carbons (Fsp3) is 0.714. The van der Waals surface area contributed by atoms with E-state index in [0.29, 0.717) is 24.1 Å². The van der Waals surface area contributed by atoms with Crippen LogP contribution < -0.4 is 0 Å². The summed E-state index contributed by atoms with van der Waals surface area (Å²) in [5.41, 5.74) is 0. The molecule has 0 amide bonds. The lowest BCUT2D eigenvalue weighted by molar-refractivity contribution is 0.124. The lowest BCUT2D eigenvalue weighted by Crippen LogP contribution is -2.38. The number of nitrogens with zero attached hydrogens (tertiary/aromatic N) is 2. The molecular formula is C14H24N2O3S. The summed E-state index contributed by atoms with van der Waals surface area (Å²) >= 11 is 0. The molecule has 1 aromatic rings. The predicted octanol–water partition coefficient (Wildman–Crippen LogP) is 2.01. The van der Waals surface area contributed by atoms with Crippen LogP contribution >= 0.6 is 0 Å². The highest BCUT2D eigenvalue weighted by molar-refractivity contribution is 7.88. The summed E-state index contributed by atoms with van der Waals surface area (Å²) in [4.78, 5) is 2.34. The van der Waals surface area contributed by atoms with Gasteiger partial charge in [0.05, 0.1) is 6.54 Å². The van der Waals surface area contributed by atoms with Gasteiger partial charge in [-0.15, -0.1) is 0 Å². The minimum Gasteiger partial charge on any atom is -0.447 e. The first-order chi connectivity index (χ1) is 9.29. The van der Waals surface area contributed by atoms with E-state index in [1.165, 1.54) is 24.8 Å². The van der Waals surface area contributed by atoms with Crippen molar-refractivity contribution in [2.45, 2.75) is 31.9 Å². The summed E-state index contributed by atoms with van der Waals surface area (Å²) in [7, 11) is -0.459. The molecule has 1 aliphatic rings. The summed E-state index contributed by atoms with van der Waals surface area (Å²) in [6.45, 7) is 7.28. The van der Waals surface area contributed by atoms with Crippen LogP contribution in [-0.2, 0) is 16.6 Å². The van der Waals surface area contributed by atoms with Gasteiger partial charge < -0.3 is 4.42 Å². The topological polar surface area (TPSA) is 53.8 Å². The highest BCUT2D eigenvalue weighted by Gasteiger charge is 2.25. The van der Waals surface area contributed by atoms with Crippen molar-refractivity contribution in [3.05, 3.63) is 17.9 Å². The Morgan fingerprint density at radius 2 is 1.85 bits per heavy atom. The van der Waals surface area contributed by atoms with Gasteiger partial charge in [-0.25, -0.2) is 12.7 Å². The van der Waals surface area contributed by atoms with Crippen molar-refractivity contribution in [2.75, 3.05) is 27.2 Å². The van der Waals surface area contributed by atoms with Gasteiger partial charge in [-0.2, -0.15) is 0 Å². The number of sulfonamides is 1. The molecule has 0 N–H and O–H groups in total. The molecule has 0 aromatic carbocycles. The molecule has 0 saturated carbocycles. The molecule has 5 nitrogen and oxygen atoms in total. The SMILES string of the molecule is C[C@@H]1C[C@H](C)CN(Cc2ccc(S(=O)(=O)N(C)C)o2)C1. The number of piperidine rings is 1. The summed E-state index contributed by atoms with van der Waals surface area (Å²) in [6.07, 6.45) is 1.26. The van der Waals surface area contributed by atoms with Gasteiger partial charge in [-0.1, -0.05) is 13.8 Å². The van der Waals surface area contributed by atoms with Crippen LogP contribution in [0.5, 0.6) is 0 Å². The highest BCUT2D eigenvalue weighted by atomic mass is 32.2. The van der Waals surface area contributed by atoms with Crippen LogP contribution in [0.2, 0.25) is 0 Å². The van der Waals surface area contributed by atoms with Crippen LogP contribution in [0, 0.1) is 11.8 Å². The van der Waals surface area contributed by atoms with Gasteiger partial charge in [0.2, 0.25) is 5.09 Å². The Labute approximate surface area is 121 Å². The van der Waals surface area contributed by atoms with Crippen LogP contribution in [0.3, 0.4) is 0 Å². The van der Waals surface area contributed by atoms with E-state index in [1.807, 2.05) is 0 Å². The molecular weight excluding hydrogens is 276 g/mol. The van der Waals surface area contributed by atoms with Crippen molar-refractivity contribution < 1.29 is 12.8 Å². The minimum atomic E-state index is -3.47. The molecule has 1 aliphatic heterocycles. The van der Waals surface area contributed by atoms with Gasteiger partial charge in [0.1, 0.15) is 5.76 Å². The summed E-state index contributed by atoms with van der Waals surface area (Å²) in [6, 6.07) is 3.31. The number of rotatable bonds is 4. The molecule has 20 heavy (non-hydrogen) atoms. The van der Waals surface area contributed by atoms with E-state index in [-0.39, 0.29) is 5.09 Å². The number of hydrogen-bond acceptors (Lipinski definition) is 4. The van der Waals surface area contributed by atoms with Crippen LogP contribution in [0.25, 0.3) is 0 Å². The van der Waals surface area contributed by atoms with Crippen molar-refractivity contribution >= 4 is 10.0 Å². The van der Waals surface area contributed by atoms with Crippen LogP contribution in [-0.4, -0.2) is 44.8 Å². The van der Waals surface area contributed by atoms with Gasteiger partial charge in [0.15, 0.2) is 0 Å². The summed E-state index contributed by atoms with van der Waals surface area (Å²) < 4.78 is 30.6. The number of furan rings is 1. The molecule has 2 heterocycles. The van der Waals surface area contributed by atoms with Crippen molar-refractivity contribution in [1.82, 2.24) is 9.21 Å². The van der Waals surface area contributed by atoms with E-state index >= 15 is 0 Å². The van der Waals surface area contributed by atoms with E-state index in [1.54, 1.807) is 12.1 Å². The molecule has 1 aromatic heterocycles. The second-order valence-electron chi connectivity index (χ2n) is 6.15. The monoisotopic (exact) mass is 300 g/mol. The average Bonchev–Trinajstić information content (AvgIpc) is 2.76. The first-order valence-corrected chi connectivity index (χ1v) is 8.46. The molecule has 0 radical (unpaired) electrons. The van der Waals surface area contributed by atoms with Gasteiger partial charge in [-0.05, 0) is 30.4 Å². The normalized spacial score (nSPS) is 25.2. The fourth-order valence-corrected chi connectivity index (χ4v) is 3.72. The first-order valence-electron chi connectivity index (χ1n) is 7.02. The Morgan fingerprint density at radius 1 is 1.25 bits per heavy atom. The third-order valence-corrected chi connectivity index (χ3v) is 5.39. The summed E-state index contributed by atoms with van der Waals surface area (Å²) in [5, 5.41) is 0.0237. The molecule has 114 valence electrons. The van der Waals surface area contributed by atoms with Gasteiger partial charge in [0, 0.05) is 27.2 Å². The lowest BCUT2D eigenvalue weighted by Gasteiger charge is -2.34. The van der Waals surface area contributed by atoms with E-state index in [2.05, 4.69) is 18.7 Å². The largest absolute Gasteiger partial charge is 0.447 e. The number of hydrogen-bond donors (Lipinski definition) is 0. The van der Waals surface area contributed by atoms with Crippen molar-refractivity contribution in [3.8, 4) is 0 Å². The van der Waals surface area contributed by atoms with E-state index < -0.39 is 10.0 Å². The standard InChI is InChI=1S/C14H24N2O3S/c1-11-7-12(2)9-16(8-11)10-13-5-6-14(19-13)20(17,18)15(3)4/h5-6,11-12H,7-10H2,1-4H3/t11-,12+.